The van der Waals surface area contributed by atoms with Gasteiger partial charge in [-0.15, -0.1) is 0 Å². The van der Waals surface area contributed by atoms with Gasteiger partial charge in [-0.3, -0.25) is 0 Å². The van der Waals surface area contributed by atoms with Crippen LogP contribution in [0.1, 0.15) is 17.7 Å². The van der Waals surface area contributed by atoms with E-state index < -0.39 is 0 Å². The molecule has 2 N–H and O–H groups in total. The van der Waals surface area contributed by atoms with Crippen LogP contribution < -0.4 is 10.1 Å². The molecule has 0 saturated carbocycles. The average molecular weight is 272 g/mol. The van der Waals surface area contributed by atoms with E-state index in [4.69, 9.17) is 9.84 Å². The number of aryl methyl sites for hydroxylation is 1. The van der Waals surface area contributed by atoms with Crippen molar-refractivity contribution >= 4 is 5.69 Å². The van der Waals surface area contributed by atoms with E-state index in [9.17, 15) is 0 Å². The number of aliphatic hydroxyl groups is 1. The summed E-state index contributed by atoms with van der Waals surface area (Å²) in [6, 6.07) is 14.0. The zero-order chi connectivity index (χ0) is 14.2. The lowest BCUT2D eigenvalue weighted by atomic mass is 10.1. The Labute approximate surface area is 119 Å². The second-order valence-electron chi connectivity index (χ2n) is 4.55. The Hall–Kier alpha value is -2.07. The molecule has 1 aromatic heterocycles. The average Bonchev–Trinajstić information content (AvgIpc) is 2.51. The fourth-order valence-corrected chi connectivity index (χ4v) is 1.98. The number of aromatic nitrogens is 1. The molecule has 4 nitrogen and oxygen atoms in total. The molecule has 0 aliphatic heterocycles. The lowest BCUT2D eigenvalue weighted by Crippen LogP contribution is -2.02. The van der Waals surface area contributed by atoms with Gasteiger partial charge in [-0.25, -0.2) is 4.98 Å². The van der Waals surface area contributed by atoms with Gasteiger partial charge in [0.15, 0.2) is 0 Å². The smallest absolute Gasteiger partial charge is 0.213 e. The van der Waals surface area contributed by atoms with E-state index in [0.29, 0.717) is 12.4 Å². The minimum absolute atomic E-state index is 0.228. The van der Waals surface area contributed by atoms with Crippen LogP contribution in [0.25, 0.3) is 0 Å². The number of hydrogen-bond donors (Lipinski definition) is 2. The second kappa shape index (κ2) is 7.50. The second-order valence-corrected chi connectivity index (χ2v) is 4.55. The van der Waals surface area contributed by atoms with Crippen LogP contribution >= 0.6 is 0 Å². The highest BCUT2D eigenvalue weighted by Crippen LogP contribution is 2.14. The van der Waals surface area contributed by atoms with Gasteiger partial charge in [0, 0.05) is 18.4 Å². The Morgan fingerprint density at radius 3 is 2.85 bits per heavy atom. The van der Waals surface area contributed by atoms with Crippen molar-refractivity contribution in [1.29, 1.82) is 0 Å². The lowest BCUT2D eigenvalue weighted by molar-refractivity contribution is 0.288. The highest BCUT2D eigenvalue weighted by atomic mass is 16.5. The Morgan fingerprint density at radius 2 is 2.05 bits per heavy atom. The van der Waals surface area contributed by atoms with Crippen molar-refractivity contribution in [2.45, 2.75) is 19.4 Å². The van der Waals surface area contributed by atoms with E-state index in [0.717, 1.165) is 24.2 Å². The van der Waals surface area contributed by atoms with Crippen molar-refractivity contribution in [2.75, 3.05) is 19.0 Å². The Balaban J connectivity index is 1.95. The molecular formula is C16H20N2O2. The summed E-state index contributed by atoms with van der Waals surface area (Å²) in [6.07, 6.45) is 1.68. The molecule has 106 valence electrons. The van der Waals surface area contributed by atoms with Crippen LogP contribution in [-0.2, 0) is 13.0 Å². The lowest BCUT2D eigenvalue weighted by Gasteiger charge is -2.08. The fraction of sp³-hybridized carbons (Fsp3) is 0.312. The first-order valence-corrected chi connectivity index (χ1v) is 6.75. The first-order valence-electron chi connectivity index (χ1n) is 6.75. The topological polar surface area (TPSA) is 54.4 Å². The van der Waals surface area contributed by atoms with Crippen LogP contribution in [0.3, 0.4) is 0 Å². The van der Waals surface area contributed by atoms with E-state index in [1.807, 2.05) is 30.3 Å². The summed E-state index contributed by atoms with van der Waals surface area (Å²) in [5.41, 5.74) is 3.22. The number of nitrogens with zero attached hydrogens (tertiary/aromatic N) is 1. The van der Waals surface area contributed by atoms with Gasteiger partial charge in [0.1, 0.15) is 0 Å². The van der Waals surface area contributed by atoms with Crippen LogP contribution in [0.4, 0.5) is 5.69 Å². The molecule has 1 aromatic carbocycles. The number of pyridine rings is 1. The highest BCUT2D eigenvalue weighted by Gasteiger charge is 1.99. The molecule has 2 rings (SSSR count). The summed E-state index contributed by atoms with van der Waals surface area (Å²) in [6.45, 7) is 0.881. The maximum Gasteiger partial charge on any atom is 0.213 e. The van der Waals surface area contributed by atoms with Gasteiger partial charge in [-0.2, -0.15) is 0 Å². The van der Waals surface area contributed by atoms with Crippen LogP contribution in [0.2, 0.25) is 0 Å². The number of methoxy groups -OCH3 is 1. The third-order valence-electron chi connectivity index (χ3n) is 3.01. The molecule has 0 radical (unpaired) electrons. The van der Waals surface area contributed by atoms with Gasteiger partial charge in [0.2, 0.25) is 5.88 Å². The third kappa shape index (κ3) is 4.24. The quantitative estimate of drug-likeness (QED) is 0.813. The van der Waals surface area contributed by atoms with Gasteiger partial charge < -0.3 is 15.2 Å². The minimum Gasteiger partial charge on any atom is -0.481 e. The van der Waals surface area contributed by atoms with Gasteiger partial charge in [0.25, 0.3) is 0 Å². The summed E-state index contributed by atoms with van der Waals surface area (Å²) in [5.74, 6) is 0.626. The minimum atomic E-state index is 0.228. The van der Waals surface area contributed by atoms with E-state index >= 15 is 0 Å². The summed E-state index contributed by atoms with van der Waals surface area (Å²) in [4.78, 5) is 4.36. The molecule has 2 aromatic rings. The van der Waals surface area contributed by atoms with Gasteiger partial charge in [-0.05, 0) is 36.6 Å². The number of rotatable bonds is 7. The fourth-order valence-electron chi connectivity index (χ4n) is 1.98. The predicted molar refractivity (Wildman–Crippen MR) is 80.0 cm³/mol. The van der Waals surface area contributed by atoms with E-state index in [-0.39, 0.29) is 6.61 Å². The predicted octanol–water partition coefficient (Wildman–Crippen LogP) is 2.63. The molecular weight excluding hydrogens is 252 g/mol. The summed E-state index contributed by atoms with van der Waals surface area (Å²) in [7, 11) is 1.62. The molecule has 20 heavy (non-hydrogen) atoms. The van der Waals surface area contributed by atoms with Crippen LogP contribution in [-0.4, -0.2) is 23.8 Å². The molecule has 0 aliphatic carbocycles. The molecule has 0 bridgehead atoms. The molecule has 0 saturated heterocycles. The molecule has 0 atom stereocenters. The SMILES string of the molecule is COc1cccc(CNc2cccc(CCCO)c2)n1. The van der Waals surface area contributed by atoms with Gasteiger partial charge in [-0.1, -0.05) is 18.2 Å². The zero-order valence-electron chi connectivity index (χ0n) is 11.7. The standard InChI is InChI=1S/C16H20N2O2/c1-20-16-9-3-8-15(18-16)12-17-14-7-2-5-13(11-14)6-4-10-19/h2-3,5,7-9,11,17,19H,4,6,10,12H2,1H3. The maximum absolute atomic E-state index is 8.86. The number of aliphatic hydroxyl groups excluding tert-OH is 1. The normalized spacial score (nSPS) is 10.3. The van der Waals surface area contributed by atoms with Crippen molar-refractivity contribution in [3.63, 3.8) is 0 Å². The van der Waals surface area contributed by atoms with E-state index in [1.54, 1.807) is 7.11 Å². The van der Waals surface area contributed by atoms with E-state index in [1.165, 1.54) is 5.56 Å². The molecule has 0 fully saturated rings. The Morgan fingerprint density at radius 1 is 1.20 bits per heavy atom. The summed E-state index contributed by atoms with van der Waals surface area (Å²) in [5, 5.41) is 12.2. The van der Waals surface area contributed by atoms with Gasteiger partial charge in [0.05, 0.1) is 19.3 Å². The molecule has 0 spiro atoms. The number of anilines is 1. The first-order chi connectivity index (χ1) is 9.81. The third-order valence-corrected chi connectivity index (χ3v) is 3.01. The molecule has 0 aliphatic rings. The number of nitrogens with one attached hydrogen (secondary N) is 1. The Kier molecular flexibility index (Phi) is 5.38. The first kappa shape index (κ1) is 14.3. The zero-order valence-corrected chi connectivity index (χ0v) is 11.7. The monoisotopic (exact) mass is 272 g/mol. The summed E-state index contributed by atoms with van der Waals surface area (Å²) < 4.78 is 5.11. The van der Waals surface area contributed by atoms with E-state index in [2.05, 4.69) is 22.4 Å². The maximum atomic E-state index is 8.86. The molecule has 0 amide bonds. The molecule has 1 heterocycles. The number of benzene rings is 1. The van der Waals surface area contributed by atoms with Crippen molar-refractivity contribution in [3.05, 3.63) is 53.7 Å². The number of hydrogen-bond acceptors (Lipinski definition) is 4. The Bertz CT molecular complexity index is 544. The van der Waals surface area contributed by atoms with Crippen LogP contribution in [0.5, 0.6) is 5.88 Å². The van der Waals surface area contributed by atoms with Crippen molar-refractivity contribution in [2.24, 2.45) is 0 Å². The highest BCUT2D eigenvalue weighted by molar-refractivity contribution is 5.46. The largest absolute Gasteiger partial charge is 0.481 e. The van der Waals surface area contributed by atoms with Crippen LogP contribution in [0.15, 0.2) is 42.5 Å². The molecule has 4 heteroatoms. The number of ether oxygens (including phenoxy) is 1. The van der Waals surface area contributed by atoms with Gasteiger partial charge >= 0.3 is 0 Å². The van der Waals surface area contributed by atoms with Crippen LogP contribution in [0, 0.1) is 0 Å². The molecule has 0 unspecified atom stereocenters. The van der Waals surface area contributed by atoms with Crippen molar-refractivity contribution < 1.29 is 9.84 Å². The van der Waals surface area contributed by atoms with Crippen molar-refractivity contribution in [1.82, 2.24) is 4.98 Å². The summed E-state index contributed by atoms with van der Waals surface area (Å²) >= 11 is 0. The van der Waals surface area contributed by atoms with Crippen molar-refractivity contribution in [3.8, 4) is 5.88 Å².